The summed E-state index contributed by atoms with van der Waals surface area (Å²) in [5.74, 6) is -0.147. The van der Waals surface area contributed by atoms with Crippen molar-refractivity contribution in [1.29, 1.82) is 0 Å². The van der Waals surface area contributed by atoms with Crippen LogP contribution in [0.2, 0.25) is 0 Å². The summed E-state index contributed by atoms with van der Waals surface area (Å²) in [6.45, 7) is 6.77. The molecule has 1 unspecified atom stereocenters. The van der Waals surface area contributed by atoms with Gasteiger partial charge >= 0.3 is 0 Å². The van der Waals surface area contributed by atoms with Crippen LogP contribution in [0.25, 0.3) is 0 Å². The molecule has 2 amide bonds. The van der Waals surface area contributed by atoms with E-state index in [1.807, 2.05) is 77.3 Å². The summed E-state index contributed by atoms with van der Waals surface area (Å²) < 4.78 is 0. The summed E-state index contributed by atoms with van der Waals surface area (Å²) in [6.07, 6.45) is 0.570. The second kappa shape index (κ2) is 10.0. The molecule has 2 aromatic carbocycles. The highest BCUT2D eigenvalue weighted by molar-refractivity contribution is 6.01. The summed E-state index contributed by atoms with van der Waals surface area (Å²) in [5.41, 5.74) is 3.34. The van der Waals surface area contributed by atoms with Crippen LogP contribution >= 0.6 is 0 Å². The van der Waals surface area contributed by atoms with E-state index in [1.165, 1.54) is 0 Å². The van der Waals surface area contributed by atoms with Gasteiger partial charge in [-0.05, 0) is 62.7 Å². The van der Waals surface area contributed by atoms with Crippen molar-refractivity contribution in [3.05, 3.63) is 65.2 Å². The fourth-order valence-electron chi connectivity index (χ4n) is 3.11. The van der Waals surface area contributed by atoms with Gasteiger partial charge in [0.2, 0.25) is 5.91 Å². The zero-order chi connectivity index (χ0) is 20.7. The number of anilines is 1. The molecular weight excluding hydrogens is 350 g/mol. The molecule has 2 aromatic rings. The third-order valence-corrected chi connectivity index (χ3v) is 4.41. The van der Waals surface area contributed by atoms with Crippen LogP contribution in [0.1, 0.15) is 41.8 Å². The molecule has 5 heteroatoms. The van der Waals surface area contributed by atoms with E-state index >= 15 is 0 Å². The lowest BCUT2D eigenvalue weighted by Crippen LogP contribution is -2.44. The average Bonchev–Trinajstić information content (AvgIpc) is 2.60. The molecule has 0 aliphatic carbocycles. The number of hydrogen-bond acceptors (Lipinski definition) is 3. The molecule has 0 aliphatic heterocycles. The molecule has 0 aliphatic rings. The van der Waals surface area contributed by atoms with Gasteiger partial charge in [0.25, 0.3) is 5.91 Å². The number of rotatable bonds is 8. The molecule has 1 atom stereocenters. The van der Waals surface area contributed by atoms with Crippen molar-refractivity contribution in [2.45, 2.75) is 39.8 Å². The molecule has 2 rings (SSSR count). The Morgan fingerprint density at radius 2 is 1.75 bits per heavy atom. The summed E-state index contributed by atoms with van der Waals surface area (Å²) in [4.78, 5) is 27.7. The van der Waals surface area contributed by atoms with Crippen LogP contribution in [0.5, 0.6) is 0 Å². The van der Waals surface area contributed by atoms with Crippen LogP contribution in [0.3, 0.4) is 0 Å². The molecule has 0 heterocycles. The molecule has 0 spiro atoms. The fourth-order valence-corrected chi connectivity index (χ4v) is 3.11. The van der Waals surface area contributed by atoms with Gasteiger partial charge in [0.05, 0.1) is 0 Å². The quantitative estimate of drug-likeness (QED) is 0.730. The second-order valence-corrected chi connectivity index (χ2v) is 7.90. The van der Waals surface area contributed by atoms with E-state index in [4.69, 9.17) is 0 Å². The number of carbonyl (C=O) groups excluding carboxylic acids is 2. The Kier molecular flexibility index (Phi) is 7.76. The maximum atomic E-state index is 12.9. The van der Waals surface area contributed by atoms with Crippen molar-refractivity contribution in [2.75, 3.05) is 19.4 Å². The van der Waals surface area contributed by atoms with E-state index in [-0.39, 0.29) is 17.7 Å². The first-order valence-electron chi connectivity index (χ1n) is 9.67. The van der Waals surface area contributed by atoms with E-state index in [1.54, 1.807) is 6.07 Å². The summed E-state index contributed by atoms with van der Waals surface area (Å²) >= 11 is 0. The number of nitrogens with one attached hydrogen (secondary N) is 2. The van der Waals surface area contributed by atoms with E-state index in [9.17, 15) is 9.59 Å². The van der Waals surface area contributed by atoms with E-state index in [0.29, 0.717) is 12.0 Å². The standard InChI is InChI=1S/C23H31N3O2/c1-16(2)13-21(25-22(27)20-12-7-6-9-17(20)3)23(28)24-19-11-8-10-18(14-19)15-26(4)5/h6-12,14,16,21H,13,15H2,1-5H3,(H,24,28)(H,25,27). The first kappa shape index (κ1) is 21.6. The first-order chi connectivity index (χ1) is 13.3. The molecular formula is C23H31N3O2. The SMILES string of the molecule is Cc1ccccc1C(=O)NC(CC(C)C)C(=O)Nc1cccc(CN(C)C)c1. The van der Waals surface area contributed by atoms with Gasteiger partial charge in [0.1, 0.15) is 6.04 Å². The highest BCUT2D eigenvalue weighted by Gasteiger charge is 2.23. The molecule has 0 aromatic heterocycles. The van der Waals surface area contributed by atoms with Gasteiger partial charge in [-0.3, -0.25) is 9.59 Å². The Labute approximate surface area is 168 Å². The van der Waals surface area contributed by atoms with Crippen molar-refractivity contribution in [2.24, 2.45) is 5.92 Å². The zero-order valence-electron chi connectivity index (χ0n) is 17.5. The Morgan fingerprint density at radius 3 is 2.39 bits per heavy atom. The zero-order valence-corrected chi connectivity index (χ0v) is 17.5. The van der Waals surface area contributed by atoms with Gasteiger partial charge in [-0.1, -0.05) is 44.2 Å². The molecule has 0 saturated carbocycles. The van der Waals surface area contributed by atoms with E-state index in [0.717, 1.165) is 23.4 Å². The lowest BCUT2D eigenvalue weighted by Gasteiger charge is -2.21. The minimum absolute atomic E-state index is 0.197. The Morgan fingerprint density at radius 1 is 1.04 bits per heavy atom. The molecule has 0 saturated heterocycles. The maximum absolute atomic E-state index is 12.9. The summed E-state index contributed by atoms with van der Waals surface area (Å²) in [7, 11) is 4.01. The van der Waals surface area contributed by atoms with Gasteiger partial charge in [0, 0.05) is 17.8 Å². The van der Waals surface area contributed by atoms with Gasteiger partial charge in [-0.25, -0.2) is 0 Å². The van der Waals surface area contributed by atoms with Crippen LogP contribution in [-0.2, 0) is 11.3 Å². The second-order valence-electron chi connectivity index (χ2n) is 7.90. The van der Waals surface area contributed by atoms with Crippen molar-refractivity contribution in [3.63, 3.8) is 0 Å². The normalized spacial score (nSPS) is 12.1. The molecule has 0 bridgehead atoms. The van der Waals surface area contributed by atoms with E-state index < -0.39 is 6.04 Å². The molecule has 150 valence electrons. The van der Waals surface area contributed by atoms with Crippen molar-refractivity contribution < 1.29 is 9.59 Å². The average molecular weight is 382 g/mol. The largest absolute Gasteiger partial charge is 0.340 e. The minimum atomic E-state index is -0.593. The highest BCUT2D eigenvalue weighted by Crippen LogP contribution is 2.15. The molecule has 0 radical (unpaired) electrons. The number of carbonyl (C=O) groups is 2. The van der Waals surface area contributed by atoms with Crippen molar-refractivity contribution in [1.82, 2.24) is 10.2 Å². The lowest BCUT2D eigenvalue weighted by molar-refractivity contribution is -0.118. The highest BCUT2D eigenvalue weighted by atomic mass is 16.2. The van der Waals surface area contributed by atoms with Crippen LogP contribution in [0.4, 0.5) is 5.69 Å². The van der Waals surface area contributed by atoms with Gasteiger partial charge < -0.3 is 15.5 Å². The summed E-state index contributed by atoms with van der Waals surface area (Å²) in [6, 6.07) is 14.6. The molecule has 2 N–H and O–H groups in total. The number of amides is 2. The molecule has 28 heavy (non-hydrogen) atoms. The smallest absolute Gasteiger partial charge is 0.252 e. The van der Waals surface area contributed by atoms with Gasteiger partial charge in [-0.15, -0.1) is 0 Å². The predicted molar refractivity (Wildman–Crippen MR) is 114 cm³/mol. The number of hydrogen-bond donors (Lipinski definition) is 2. The number of aryl methyl sites for hydroxylation is 1. The van der Waals surface area contributed by atoms with Crippen LogP contribution in [0, 0.1) is 12.8 Å². The fraction of sp³-hybridized carbons (Fsp3) is 0.391. The Balaban J connectivity index is 2.13. The van der Waals surface area contributed by atoms with Crippen LogP contribution in [-0.4, -0.2) is 36.9 Å². The van der Waals surface area contributed by atoms with Crippen LogP contribution < -0.4 is 10.6 Å². The topological polar surface area (TPSA) is 61.4 Å². The predicted octanol–water partition coefficient (Wildman–Crippen LogP) is 3.84. The number of benzene rings is 2. The van der Waals surface area contributed by atoms with Crippen molar-refractivity contribution >= 4 is 17.5 Å². The summed E-state index contributed by atoms with van der Waals surface area (Å²) in [5, 5.41) is 5.87. The molecule has 0 fully saturated rings. The lowest BCUT2D eigenvalue weighted by atomic mass is 10.0. The minimum Gasteiger partial charge on any atom is -0.340 e. The maximum Gasteiger partial charge on any atom is 0.252 e. The van der Waals surface area contributed by atoms with Crippen LogP contribution in [0.15, 0.2) is 48.5 Å². The Bertz CT molecular complexity index is 815. The van der Waals surface area contributed by atoms with Gasteiger partial charge in [0.15, 0.2) is 0 Å². The monoisotopic (exact) mass is 381 g/mol. The van der Waals surface area contributed by atoms with Crippen molar-refractivity contribution in [3.8, 4) is 0 Å². The Hall–Kier alpha value is -2.66. The third kappa shape index (κ3) is 6.50. The first-order valence-corrected chi connectivity index (χ1v) is 9.67. The molecule has 5 nitrogen and oxygen atoms in total. The van der Waals surface area contributed by atoms with Gasteiger partial charge in [-0.2, -0.15) is 0 Å². The van der Waals surface area contributed by atoms with E-state index in [2.05, 4.69) is 15.5 Å². The number of nitrogens with zero attached hydrogens (tertiary/aromatic N) is 1. The third-order valence-electron chi connectivity index (χ3n) is 4.41.